The molecule has 1 aliphatic heterocycles. The van der Waals surface area contributed by atoms with Crippen LogP contribution in [0.4, 0.5) is 10.1 Å². The standard InChI is InChI=1S/C29H23FN2O4S/c1-36-23-13-8-19(9-14-23)17-31-28(33)21-10-15-27-25(16-21)32(18-20-6-11-22(30)12-7-20)29(34)24-4-2-3-5-26(24)37(27)35/h2-16H,17-18H2,1H3,(H,31,33). The van der Waals surface area contributed by atoms with Crippen molar-refractivity contribution in [1.82, 2.24) is 5.32 Å². The molecule has 0 aliphatic carbocycles. The average Bonchev–Trinajstić information content (AvgIpc) is 3.02. The molecule has 1 unspecified atom stereocenters. The molecule has 0 radical (unpaired) electrons. The first kappa shape index (κ1) is 24.4. The third-order valence-corrected chi connectivity index (χ3v) is 7.64. The Labute approximate surface area is 216 Å². The van der Waals surface area contributed by atoms with Crippen LogP contribution < -0.4 is 15.0 Å². The second-order valence-electron chi connectivity index (χ2n) is 8.50. The van der Waals surface area contributed by atoms with Crippen LogP contribution in [-0.2, 0) is 23.9 Å². The van der Waals surface area contributed by atoms with Crippen molar-refractivity contribution >= 4 is 28.3 Å². The zero-order valence-corrected chi connectivity index (χ0v) is 20.8. The first-order valence-corrected chi connectivity index (χ1v) is 12.7. The van der Waals surface area contributed by atoms with Crippen LogP contribution in [-0.4, -0.2) is 23.1 Å². The lowest BCUT2D eigenvalue weighted by Crippen LogP contribution is -2.31. The van der Waals surface area contributed by atoms with Crippen LogP contribution in [0, 0.1) is 5.82 Å². The molecule has 6 nitrogen and oxygen atoms in total. The van der Waals surface area contributed by atoms with Gasteiger partial charge in [-0.3, -0.25) is 9.59 Å². The molecule has 5 rings (SSSR count). The molecular formula is C29H23FN2O4S. The van der Waals surface area contributed by atoms with Crippen LogP contribution in [0.1, 0.15) is 31.8 Å². The Morgan fingerprint density at radius 1 is 0.919 bits per heavy atom. The Balaban J connectivity index is 1.49. The number of nitrogens with one attached hydrogen (secondary N) is 1. The Hall–Kier alpha value is -4.30. The summed E-state index contributed by atoms with van der Waals surface area (Å²) in [4.78, 5) is 29.0. The summed E-state index contributed by atoms with van der Waals surface area (Å²) in [5.41, 5.74) is 2.62. The Morgan fingerprint density at radius 2 is 1.62 bits per heavy atom. The molecule has 0 spiro atoms. The van der Waals surface area contributed by atoms with E-state index in [0.717, 1.165) is 11.3 Å². The van der Waals surface area contributed by atoms with Gasteiger partial charge in [-0.2, -0.15) is 0 Å². The van der Waals surface area contributed by atoms with E-state index in [4.69, 9.17) is 4.74 Å². The molecule has 0 saturated carbocycles. The van der Waals surface area contributed by atoms with Gasteiger partial charge >= 0.3 is 0 Å². The molecule has 0 fully saturated rings. The Kier molecular flexibility index (Phi) is 6.83. The molecule has 1 N–H and O–H groups in total. The number of halogens is 1. The molecule has 1 atom stereocenters. The monoisotopic (exact) mass is 514 g/mol. The zero-order valence-electron chi connectivity index (χ0n) is 19.9. The van der Waals surface area contributed by atoms with Crippen molar-refractivity contribution < 1.29 is 22.9 Å². The van der Waals surface area contributed by atoms with Crippen LogP contribution in [0.3, 0.4) is 0 Å². The first-order chi connectivity index (χ1) is 17.9. The number of hydrogen-bond donors (Lipinski definition) is 1. The molecule has 2 amide bonds. The third kappa shape index (κ3) is 5.01. The second-order valence-corrected chi connectivity index (χ2v) is 9.91. The maximum Gasteiger partial charge on any atom is 0.259 e. The minimum absolute atomic E-state index is 0.120. The fourth-order valence-corrected chi connectivity index (χ4v) is 5.51. The predicted molar refractivity (Wildman–Crippen MR) is 139 cm³/mol. The zero-order chi connectivity index (χ0) is 25.9. The number of carbonyl (C=O) groups is 2. The predicted octanol–water partition coefficient (Wildman–Crippen LogP) is 5.09. The van der Waals surface area contributed by atoms with Crippen LogP contribution >= 0.6 is 0 Å². The van der Waals surface area contributed by atoms with Gasteiger partial charge in [0.15, 0.2) is 0 Å². The van der Waals surface area contributed by atoms with Gasteiger partial charge in [0.25, 0.3) is 11.8 Å². The normalized spacial score (nSPS) is 14.4. The fraction of sp³-hybridized carbons (Fsp3) is 0.103. The third-order valence-electron chi connectivity index (χ3n) is 6.14. The van der Waals surface area contributed by atoms with Crippen molar-refractivity contribution in [3.05, 3.63) is 119 Å². The number of ether oxygens (including phenoxy) is 1. The van der Waals surface area contributed by atoms with Crippen LogP contribution in [0.15, 0.2) is 101 Å². The number of nitrogens with zero attached hydrogens (tertiary/aromatic N) is 1. The highest BCUT2D eigenvalue weighted by Crippen LogP contribution is 2.36. The van der Waals surface area contributed by atoms with Crippen LogP contribution in [0.25, 0.3) is 0 Å². The van der Waals surface area contributed by atoms with Crippen molar-refractivity contribution in [2.45, 2.75) is 22.9 Å². The maximum atomic E-state index is 13.7. The largest absolute Gasteiger partial charge is 0.497 e. The summed E-state index contributed by atoms with van der Waals surface area (Å²) in [5, 5.41) is 2.88. The van der Waals surface area contributed by atoms with Gasteiger partial charge in [0.1, 0.15) is 11.6 Å². The van der Waals surface area contributed by atoms with E-state index in [1.165, 1.54) is 17.0 Å². The van der Waals surface area contributed by atoms with Crippen LogP contribution in [0.5, 0.6) is 5.75 Å². The molecule has 0 bridgehead atoms. The lowest BCUT2D eigenvalue weighted by Gasteiger charge is -2.23. The summed E-state index contributed by atoms with van der Waals surface area (Å²) < 4.78 is 32.2. The summed E-state index contributed by atoms with van der Waals surface area (Å²) in [6, 6.07) is 24.8. The van der Waals surface area contributed by atoms with Crippen molar-refractivity contribution in [3.8, 4) is 5.75 Å². The van der Waals surface area contributed by atoms with Gasteiger partial charge in [-0.25, -0.2) is 8.60 Å². The number of carbonyl (C=O) groups excluding carboxylic acids is 2. The molecule has 8 heteroatoms. The Morgan fingerprint density at radius 3 is 2.35 bits per heavy atom. The van der Waals surface area contributed by atoms with Gasteiger partial charge in [0, 0.05) is 12.1 Å². The summed E-state index contributed by atoms with van der Waals surface area (Å²) >= 11 is 0. The van der Waals surface area contributed by atoms with Crippen molar-refractivity contribution in [2.24, 2.45) is 0 Å². The minimum atomic E-state index is -1.63. The van der Waals surface area contributed by atoms with Crippen LogP contribution in [0.2, 0.25) is 0 Å². The fourth-order valence-electron chi connectivity index (χ4n) is 4.16. The molecule has 4 aromatic carbocycles. The number of rotatable bonds is 6. The highest BCUT2D eigenvalue weighted by atomic mass is 32.2. The van der Waals surface area contributed by atoms with Crippen molar-refractivity contribution in [1.29, 1.82) is 0 Å². The molecule has 1 aliphatic rings. The highest BCUT2D eigenvalue weighted by molar-refractivity contribution is 7.85. The number of methoxy groups -OCH3 is 1. The minimum Gasteiger partial charge on any atom is -0.497 e. The lowest BCUT2D eigenvalue weighted by molar-refractivity contribution is 0.0947. The molecule has 1 heterocycles. The number of anilines is 1. The van der Waals surface area contributed by atoms with Gasteiger partial charge in [-0.15, -0.1) is 0 Å². The van der Waals surface area contributed by atoms with E-state index in [9.17, 15) is 18.2 Å². The van der Waals surface area contributed by atoms with E-state index < -0.39 is 10.8 Å². The molecule has 0 aromatic heterocycles. The van der Waals surface area contributed by atoms with E-state index in [1.807, 2.05) is 24.3 Å². The van der Waals surface area contributed by atoms with E-state index >= 15 is 0 Å². The first-order valence-electron chi connectivity index (χ1n) is 11.6. The van der Waals surface area contributed by atoms with Gasteiger partial charge in [-0.05, 0) is 65.7 Å². The van der Waals surface area contributed by atoms with E-state index in [2.05, 4.69) is 5.32 Å². The van der Waals surface area contributed by atoms with Crippen molar-refractivity contribution in [2.75, 3.05) is 12.0 Å². The van der Waals surface area contributed by atoms with Gasteiger partial charge in [-0.1, -0.05) is 36.4 Å². The number of hydrogen-bond acceptors (Lipinski definition) is 4. The quantitative estimate of drug-likeness (QED) is 0.389. The summed E-state index contributed by atoms with van der Waals surface area (Å²) in [7, 11) is -0.0467. The van der Waals surface area contributed by atoms with Gasteiger partial charge in [0.2, 0.25) is 0 Å². The topological polar surface area (TPSA) is 75.7 Å². The SMILES string of the molecule is COc1ccc(CNC(=O)c2ccc3c(c2)N(Cc2ccc(F)cc2)C(=O)c2ccccc2S3=O)cc1. The maximum absolute atomic E-state index is 13.7. The summed E-state index contributed by atoms with van der Waals surface area (Å²) in [6.45, 7) is 0.421. The van der Waals surface area contributed by atoms with E-state index in [0.29, 0.717) is 38.7 Å². The van der Waals surface area contributed by atoms with E-state index in [-0.39, 0.29) is 24.2 Å². The number of amides is 2. The molecular weight excluding hydrogens is 491 g/mol. The van der Waals surface area contributed by atoms with Gasteiger partial charge in [0.05, 0.1) is 45.5 Å². The number of fused-ring (bicyclic) bond motifs is 2. The lowest BCUT2D eigenvalue weighted by atomic mass is 10.1. The molecule has 0 saturated heterocycles. The smallest absolute Gasteiger partial charge is 0.259 e. The van der Waals surface area contributed by atoms with Crippen molar-refractivity contribution in [3.63, 3.8) is 0 Å². The number of benzene rings is 4. The molecule has 186 valence electrons. The van der Waals surface area contributed by atoms with E-state index in [1.54, 1.807) is 61.7 Å². The second kappa shape index (κ2) is 10.4. The summed E-state index contributed by atoms with van der Waals surface area (Å²) in [6.07, 6.45) is 0. The summed E-state index contributed by atoms with van der Waals surface area (Å²) in [5.74, 6) is -0.336. The Bertz CT molecular complexity index is 1500. The molecule has 4 aromatic rings. The average molecular weight is 515 g/mol. The van der Waals surface area contributed by atoms with Gasteiger partial charge < -0.3 is 15.0 Å². The molecule has 37 heavy (non-hydrogen) atoms. The highest BCUT2D eigenvalue weighted by Gasteiger charge is 2.31.